The first kappa shape index (κ1) is 12.2. The van der Waals surface area contributed by atoms with Gasteiger partial charge < -0.3 is 4.90 Å². The predicted octanol–water partition coefficient (Wildman–Crippen LogP) is 3.40. The molecule has 0 bridgehead atoms. The summed E-state index contributed by atoms with van der Waals surface area (Å²) >= 11 is 0. The molecule has 0 aromatic heterocycles. The van der Waals surface area contributed by atoms with Crippen molar-refractivity contribution in [1.29, 1.82) is 0 Å². The van der Waals surface area contributed by atoms with Crippen LogP contribution in [0.25, 0.3) is 0 Å². The van der Waals surface area contributed by atoms with Crippen molar-refractivity contribution in [1.82, 2.24) is 0 Å². The van der Waals surface area contributed by atoms with Gasteiger partial charge in [-0.2, -0.15) is 0 Å². The van der Waals surface area contributed by atoms with Gasteiger partial charge in [0, 0.05) is 18.7 Å². The highest BCUT2D eigenvalue weighted by atomic mass is 16.2. The van der Waals surface area contributed by atoms with E-state index >= 15 is 0 Å². The predicted molar refractivity (Wildman–Crippen MR) is 71.2 cm³/mol. The molecular formula is C15H21NO. The molecule has 1 aromatic carbocycles. The molecule has 1 aliphatic rings. The van der Waals surface area contributed by atoms with E-state index in [1.54, 1.807) is 0 Å². The molecule has 1 unspecified atom stereocenters. The smallest absolute Gasteiger partial charge is 0.227 e. The second-order valence-electron chi connectivity index (χ2n) is 5.04. The number of carbonyl (C=O) groups excluding carboxylic acids is 1. The van der Waals surface area contributed by atoms with Gasteiger partial charge in [0.15, 0.2) is 0 Å². The van der Waals surface area contributed by atoms with E-state index in [1.165, 1.54) is 12.0 Å². The Bertz CT molecular complexity index is 400. The van der Waals surface area contributed by atoms with Gasteiger partial charge >= 0.3 is 0 Å². The zero-order valence-corrected chi connectivity index (χ0v) is 10.8. The SMILES string of the molecule is CCC(C)Cc1cccc(N2CCCC2=O)c1. The topological polar surface area (TPSA) is 20.3 Å². The number of rotatable bonds is 4. The van der Waals surface area contributed by atoms with E-state index in [-0.39, 0.29) is 5.91 Å². The normalized spacial score (nSPS) is 17.5. The van der Waals surface area contributed by atoms with E-state index in [0.29, 0.717) is 12.3 Å². The Morgan fingerprint density at radius 1 is 1.41 bits per heavy atom. The lowest BCUT2D eigenvalue weighted by Crippen LogP contribution is -2.23. The fourth-order valence-corrected chi connectivity index (χ4v) is 2.32. The van der Waals surface area contributed by atoms with Crippen LogP contribution in [0.5, 0.6) is 0 Å². The van der Waals surface area contributed by atoms with Gasteiger partial charge in [-0.05, 0) is 36.5 Å². The van der Waals surface area contributed by atoms with Gasteiger partial charge in [-0.15, -0.1) is 0 Å². The third kappa shape index (κ3) is 2.87. The number of hydrogen-bond acceptors (Lipinski definition) is 1. The molecule has 1 atom stereocenters. The highest BCUT2D eigenvalue weighted by Crippen LogP contribution is 2.23. The van der Waals surface area contributed by atoms with E-state index in [0.717, 1.165) is 25.1 Å². The third-order valence-corrected chi connectivity index (χ3v) is 3.58. The van der Waals surface area contributed by atoms with Crippen molar-refractivity contribution in [2.75, 3.05) is 11.4 Å². The van der Waals surface area contributed by atoms with Gasteiger partial charge in [-0.3, -0.25) is 4.79 Å². The van der Waals surface area contributed by atoms with E-state index in [2.05, 4.69) is 32.0 Å². The molecule has 2 nitrogen and oxygen atoms in total. The van der Waals surface area contributed by atoms with Crippen LogP contribution in [0, 0.1) is 5.92 Å². The highest BCUT2D eigenvalue weighted by Gasteiger charge is 2.21. The first-order valence-electron chi connectivity index (χ1n) is 6.60. The van der Waals surface area contributed by atoms with Crippen LogP contribution in [-0.2, 0) is 11.2 Å². The van der Waals surface area contributed by atoms with Crippen molar-refractivity contribution in [3.63, 3.8) is 0 Å². The van der Waals surface area contributed by atoms with Gasteiger partial charge in [0.05, 0.1) is 0 Å². The fourth-order valence-electron chi connectivity index (χ4n) is 2.32. The molecular weight excluding hydrogens is 210 g/mol. The van der Waals surface area contributed by atoms with Gasteiger partial charge in [-0.25, -0.2) is 0 Å². The van der Waals surface area contributed by atoms with Crippen LogP contribution in [0.3, 0.4) is 0 Å². The lowest BCUT2D eigenvalue weighted by atomic mass is 9.98. The Morgan fingerprint density at radius 3 is 2.88 bits per heavy atom. The molecule has 0 spiro atoms. The Labute approximate surface area is 104 Å². The maximum absolute atomic E-state index is 11.7. The van der Waals surface area contributed by atoms with Crippen molar-refractivity contribution in [3.05, 3.63) is 29.8 Å². The molecule has 0 N–H and O–H groups in total. The summed E-state index contributed by atoms with van der Waals surface area (Å²) in [5.74, 6) is 0.977. The van der Waals surface area contributed by atoms with Crippen molar-refractivity contribution < 1.29 is 4.79 Å². The lowest BCUT2D eigenvalue weighted by Gasteiger charge is -2.17. The first-order valence-corrected chi connectivity index (χ1v) is 6.60. The maximum Gasteiger partial charge on any atom is 0.227 e. The molecule has 0 aliphatic carbocycles. The Morgan fingerprint density at radius 2 is 2.24 bits per heavy atom. The summed E-state index contributed by atoms with van der Waals surface area (Å²) in [6.45, 7) is 5.37. The summed E-state index contributed by atoms with van der Waals surface area (Å²) in [7, 11) is 0. The van der Waals surface area contributed by atoms with Gasteiger partial charge in [0.2, 0.25) is 5.91 Å². The van der Waals surface area contributed by atoms with Crippen LogP contribution in [0.1, 0.15) is 38.7 Å². The summed E-state index contributed by atoms with van der Waals surface area (Å²) in [4.78, 5) is 13.6. The molecule has 1 aliphatic heterocycles. The Hall–Kier alpha value is -1.31. The second-order valence-corrected chi connectivity index (χ2v) is 5.04. The summed E-state index contributed by atoms with van der Waals surface area (Å²) in [5, 5.41) is 0. The molecule has 2 rings (SSSR count). The summed E-state index contributed by atoms with van der Waals surface area (Å²) in [6.07, 6.45) is 4.00. The second kappa shape index (κ2) is 5.35. The molecule has 1 amide bonds. The monoisotopic (exact) mass is 231 g/mol. The minimum atomic E-state index is 0.269. The number of benzene rings is 1. The van der Waals surface area contributed by atoms with Crippen molar-refractivity contribution >= 4 is 11.6 Å². The highest BCUT2D eigenvalue weighted by molar-refractivity contribution is 5.95. The average Bonchev–Trinajstić information content (AvgIpc) is 2.75. The molecule has 17 heavy (non-hydrogen) atoms. The number of nitrogens with zero attached hydrogens (tertiary/aromatic N) is 1. The third-order valence-electron chi connectivity index (χ3n) is 3.58. The maximum atomic E-state index is 11.7. The van der Waals surface area contributed by atoms with Crippen LogP contribution in [-0.4, -0.2) is 12.5 Å². The molecule has 0 radical (unpaired) electrons. The minimum Gasteiger partial charge on any atom is -0.312 e. The van der Waals surface area contributed by atoms with Crippen LogP contribution < -0.4 is 4.90 Å². The van der Waals surface area contributed by atoms with Gasteiger partial charge in [0.25, 0.3) is 0 Å². The van der Waals surface area contributed by atoms with E-state index in [9.17, 15) is 4.79 Å². The van der Waals surface area contributed by atoms with Crippen LogP contribution in [0.15, 0.2) is 24.3 Å². The number of anilines is 1. The Balaban J connectivity index is 2.13. The summed E-state index contributed by atoms with van der Waals surface area (Å²) in [5.41, 5.74) is 2.42. The molecule has 1 heterocycles. The van der Waals surface area contributed by atoms with E-state index in [1.807, 2.05) is 11.0 Å². The molecule has 92 valence electrons. The molecule has 0 saturated carbocycles. The molecule has 1 fully saturated rings. The zero-order valence-electron chi connectivity index (χ0n) is 10.8. The van der Waals surface area contributed by atoms with Crippen LogP contribution in [0.4, 0.5) is 5.69 Å². The van der Waals surface area contributed by atoms with E-state index < -0.39 is 0 Å². The van der Waals surface area contributed by atoms with Crippen LogP contribution in [0.2, 0.25) is 0 Å². The summed E-state index contributed by atoms with van der Waals surface area (Å²) < 4.78 is 0. The van der Waals surface area contributed by atoms with Crippen molar-refractivity contribution in [2.45, 2.75) is 39.5 Å². The number of hydrogen-bond donors (Lipinski definition) is 0. The fraction of sp³-hybridized carbons (Fsp3) is 0.533. The molecule has 1 saturated heterocycles. The standard InChI is InChI=1S/C15H21NO/c1-3-12(2)10-13-6-4-7-14(11-13)16-9-5-8-15(16)17/h4,6-7,11-12H,3,5,8-10H2,1-2H3. The number of carbonyl (C=O) groups is 1. The van der Waals surface area contributed by atoms with Crippen molar-refractivity contribution in [3.8, 4) is 0 Å². The molecule has 2 heteroatoms. The largest absolute Gasteiger partial charge is 0.312 e. The average molecular weight is 231 g/mol. The summed E-state index contributed by atoms with van der Waals surface area (Å²) in [6, 6.07) is 8.45. The molecule has 1 aromatic rings. The zero-order chi connectivity index (χ0) is 12.3. The minimum absolute atomic E-state index is 0.269. The lowest BCUT2D eigenvalue weighted by molar-refractivity contribution is -0.117. The number of amides is 1. The van der Waals surface area contributed by atoms with Gasteiger partial charge in [-0.1, -0.05) is 32.4 Å². The first-order chi connectivity index (χ1) is 8.20. The van der Waals surface area contributed by atoms with Crippen LogP contribution >= 0.6 is 0 Å². The van der Waals surface area contributed by atoms with E-state index in [4.69, 9.17) is 0 Å². The Kier molecular flexibility index (Phi) is 3.82. The van der Waals surface area contributed by atoms with Gasteiger partial charge in [0.1, 0.15) is 0 Å². The van der Waals surface area contributed by atoms with Crippen molar-refractivity contribution in [2.24, 2.45) is 5.92 Å². The quantitative estimate of drug-likeness (QED) is 0.777.